The zero-order valence-electron chi connectivity index (χ0n) is 11.3. The fraction of sp³-hybridized carbons (Fsp3) is 0.267. The molecule has 5 heteroatoms. The first-order chi connectivity index (χ1) is 9.69. The SMILES string of the molecule is CCCOc1ccc(NCc2ccc(C(=O)O)s2)cc1. The van der Waals surface area contributed by atoms with E-state index >= 15 is 0 Å². The fourth-order valence-corrected chi connectivity index (χ4v) is 2.45. The molecule has 0 amide bonds. The minimum Gasteiger partial charge on any atom is -0.494 e. The van der Waals surface area contributed by atoms with Gasteiger partial charge in [0.05, 0.1) is 6.61 Å². The van der Waals surface area contributed by atoms with Crippen LogP contribution in [0.25, 0.3) is 0 Å². The van der Waals surface area contributed by atoms with Gasteiger partial charge in [0.1, 0.15) is 10.6 Å². The Bertz CT molecular complexity index is 563. The molecule has 2 N–H and O–H groups in total. The molecular weight excluding hydrogens is 274 g/mol. The third kappa shape index (κ3) is 3.99. The monoisotopic (exact) mass is 291 g/mol. The summed E-state index contributed by atoms with van der Waals surface area (Å²) in [5.74, 6) is -0.0136. The molecule has 1 aromatic heterocycles. The maximum atomic E-state index is 10.8. The van der Waals surface area contributed by atoms with Crippen molar-refractivity contribution in [2.24, 2.45) is 0 Å². The highest BCUT2D eigenvalue weighted by Crippen LogP contribution is 2.20. The largest absolute Gasteiger partial charge is 0.494 e. The molecule has 20 heavy (non-hydrogen) atoms. The van der Waals surface area contributed by atoms with Gasteiger partial charge in [-0.25, -0.2) is 4.79 Å². The fourth-order valence-electron chi connectivity index (χ4n) is 1.67. The maximum absolute atomic E-state index is 10.8. The van der Waals surface area contributed by atoms with E-state index in [2.05, 4.69) is 12.2 Å². The standard InChI is InChI=1S/C15H17NO3S/c1-2-9-19-12-5-3-11(4-6-12)16-10-13-7-8-14(20-13)15(17)18/h3-8,16H,2,9-10H2,1H3,(H,17,18). The number of thiophene rings is 1. The van der Waals surface area contributed by atoms with Crippen LogP contribution < -0.4 is 10.1 Å². The molecule has 0 saturated carbocycles. The average molecular weight is 291 g/mol. The molecule has 0 atom stereocenters. The second-order valence-electron chi connectivity index (χ2n) is 4.30. The predicted molar refractivity (Wildman–Crippen MR) is 80.8 cm³/mol. The highest BCUT2D eigenvalue weighted by atomic mass is 32.1. The first-order valence-corrected chi connectivity index (χ1v) is 7.29. The molecule has 0 saturated heterocycles. The van der Waals surface area contributed by atoms with Crippen LogP contribution in [0.2, 0.25) is 0 Å². The Hall–Kier alpha value is -2.01. The number of ether oxygens (including phenoxy) is 1. The van der Waals surface area contributed by atoms with Crippen molar-refractivity contribution in [3.05, 3.63) is 46.2 Å². The summed E-state index contributed by atoms with van der Waals surface area (Å²) in [7, 11) is 0. The summed E-state index contributed by atoms with van der Waals surface area (Å²) in [5.41, 5.74) is 0.985. The molecule has 0 fully saturated rings. The lowest BCUT2D eigenvalue weighted by molar-refractivity contribution is 0.0702. The molecule has 0 spiro atoms. The van der Waals surface area contributed by atoms with Gasteiger partial charge in [-0.3, -0.25) is 0 Å². The number of carboxylic acid groups (broad SMARTS) is 1. The Labute approximate surface area is 122 Å². The first kappa shape index (κ1) is 14.4. The van der Waals surface area contributed by atoms with E-state index in [0.29, 0.717) is 11.4 Å². The predicted octanol–water partition coefficient (Wildman–Crippen LogP) is 3.85. The zero-order valence-corrected chi connectivity index (χ0v) is 12.1. The summed E-state index contributed by atoms with van der Waals surface area (Å²) in [6.07, 6.45) is 0.990. The van der Waals surface area contributed by atoms with E-state index in [9.17, 15) is 4.79 Å². The van der Waals surface area contributed by atoms with Crippen LogP contribution >= 0.6 is 11.3 Å². The van der Waals surface area contributed by atoms with Crippen LogP contribution in [0.3, 0.4) is 0 Å². The first-order valence-electron chi connectivity index (χ1n) is 6.48. The Morgan fingerprint density at radius 3 is 2.60 bits per heavy atom. The van der Waals surface area contributed by atoms with E-state index in [1.807, 2.05) is 30.3 Å². The smallest absolute Gasteiger partial charge is 0.345 e. The minimum atomic E-state index is -0.876. The lowest BCUT2D eigenvalue weighted by atomic mass is 10.3. The molecule has 0 aliphatic rings. The molecular formula is C15H17NO3S. The van der Waals surface area contributed by atoms with Gasteiger partial charge in [0.25, 0.3) is 0 Å². The van der Waals surface area contributed by atoms with Crippen LogP contribution in [0.4, 0.5) is 5.69 Å². The number of anilines is 1. The van der Waals surface area contributed by atoms with Gasteiger partial charge in [-0.05, 0) is 42.8 Å². The van der Waals surface area contributed by atoms with Gasteiger partial charge in [-0.2, -0.15) is 0 Å². The summed E-state index contributed by atoms with van der Waals surface area (Å²) in [4.78, 5) is 12.1. The van der Waals surface area contributed by atoms with Crippen LogP contribution in [0.15, 0.2) is 36.4 Å². The van der Waals surface area contributed by atoms with E-state index in [1.165, 1.54) is 11.3 Å². The zero-order chi connectivity index (χ0) is 14.4. The lowest BCUT2D eigenvalue weighted by Gasteiger charge is -2.07. The van der Waals surface area contributed by atoms with Gasteiger partial charge in [0.2, 0.25) is 0 Å². The van der Waals surface area contributed by atoms with Gasteiger partial charge in [0, 0.05) is 17.1 Å². The van der Waals surface area contributed by atoms with Gasteiger partial charge in [-0.15, -0.1) is 11.3 Å². The van der Waals surface area contributed by atoms with Crippen molar-refractivity contribution >= 4 is 23.0 Å². The van der Waals surface area contributed by atoms with E-state index < -0.39 is 5.97 Å². The second-order valence-corrected chi connectivity index (χ2v) is 5.47. The average Bonchev–Trinajstić information content (AvgIpc) is 2.93. The maximum Gasteiger partial charge on any atom is 0.345 e. The Kier molecular flexibility index (Phi) is 5.01. The number of aromatic carboxylic acids is 1. The topological polar surface area (TPSA) is 58.6 Å². The molecule has 0 bridgehead atoms. The molecule has 0 radical (unpaired) electrons. The van der Waals surface area contributed by atoms with Gasteiger partial charge < -0.3 is 15.2 Å². The van der Waals surface area contributed by atoms with Crippen molar-refractivity contribution in [3.63, 3.8) is 0 Å². The normalized spacial score (nSPS) is 10.2. The summed E-state index contributed by atoms with van der Waals surface area (Å²) in [6.45, 7) is 3.41. The van der Waals surface area contributed by atoms with Crippen molar-refractivity contribution in [2.75, 3.05) is 11.9 Å². The van der Waals surface area contributed by atoms with Gasteiger partial charge >= 0.3 is 5.97 Å². The third-order valence-corrected chi connectivity index (χ3v) is 3.74. The number of benzene rings is 1. The Balaban J connectivity index is 1.88. The van der Waals surface area contributed by atoms with Crippen LogP contribution in [0.5, 0.6) is 5.75 Å². The summed E-state index contributed by atoms with van der Waals surface area (Å²) < 4.78 is 5.51. The van der Waals surface area contributed by atoms with Crippen LogP contribution in [0.1, 0.15) is 27.9 Å². The molecule has 4 nitrogen and oxygen atoms in total. The highest BCUT2D eigenvalue weighted by molar-refractivity contribution is 7.13. The molecule has 2 aromatic rings. The quantitative estimate of drug-likeness (QED) is 0.813. The van der Waals surface area contributed by atoms with Crippen LogP contribution in [-0.4, -0.2) is 17.7 Å². The molecule has 0 aliphatic carbocycles. The number of nitrogens with one attached hydrogen (secondary N) is 1. The number of carboxylic acids is 1. The number of carbonyl (C=O) groups is 1. The summed E-state index contributed by atoms with van der Waals surface area (Å²) in [6, 6.07) is 11.2. The van der Waals surface area contributed by atoms with E-state index in [-0.39, 0.29) is 0 Å². The van der Waals surface area contributed by atoms with Crippen molar-refractivity contribution in [3.8, 4) is 5.75 Å². The Morgan fingerprint density at radius 2 is 2.00 bits per heavy atom. The molecule has 1 heterocycles. The minimum absolute atomic E-state index is 0.366. The van der Waals surface area contributed by atoms with E-state index in [4.69, 9.17) is 9.84 Å². The Morgan fingerprint density at radius 1 is 1.25 bits per heavy atom. The van der Waals surface area contributed by atoms with Crippen molar-refractivity contribution in [1.82, 2.24) is 0 Å². The molecule has 0 aliphatic heterocycles. The number of hydrogen-bond donors (Lipinski definition) is 2. The van der Waals surface area contributed by atoms with Crippen molar-refractivity contribution in [2.45, 2.75) is 19.9 Å². The number of hydrogen-bond acceptors (Lipinski definition) is 4. The molecule has 106 valence electrons. The molecule has 0 unspecified atom stereocenters. The van der Waals surface area contributed by atoms with Gasteiger partial charge in [-0.1, -0.05) is 6.92 Å². The van der Waals surface area contributed by atoms with E-state index in [0.717, 1.165) is 29.3 Å². The van der Waals surface area contributed by atoms with Crippen LogP contribution in [-0.2, 0) is 6.54 Å². The molecule has 2 rings (SSSR count). The molecule has 1 aromatic carbocycles. The second kappa shape index (κ2) is 6.96. The third-order valence-electron chi connectivity index (χ3n) is 2.67. The summed E-state index contributed by atoms with van der Waals surface area (Å²) in [5, 5.41) is 12.1. The van der Waals surface area contributed by atoms with Crippen molar-refractivity contribution < 1.29 is 14.6 Å². The van der Waals surface area contributed by atoms with E-state index in [1.54, 1.807) is 6.07 Å². The van der Waals surface area contributed by atoms with Crippen LogP contribution in [0, 0.1) is 0 Å². The van der Waals surface area contributed by atoms with Gasteiger partial charge in [0.15, 0.2) is 0 Å². The van der Waals surface area contributed by atoms with Crippen molar-refractivity contribution in [1.29, 1.82) is 0 Å². The highest BCUT2D eigenvalue weighted by Gasteiger charge is 2.06. The number of rotatable bonds is 7. The summed E-state index contributed by atoms with van der Waals surface area (Å²) >= 11 is 1.29. The lowest BCUT2D eigenvalue weighted by Crippen LogP contribution is -1.98.